The highest BCUT2D eigenvalue weighted by Gasteiger charge is 2.33. The predicted octanol–water partition coefficient (Wildman–Crippen LogP) is 0.607. The molecule has 0 bridgehead atoms. The molecule has 3 N–H and O–H groups in total. The molecule has 2 rings (SSSR count). The van der Waals surface area contributed by atoms with Gasteiger partial charge in [0.05, 0.1) is 12.4 Å². The summed E-state index contributed by atoms with van der Waals surface area (Å²) < 4.78 is 26.1. The highest BCUT2D eigenvalue weighted by Crippen LogP contribution is 2.23. The third kappa shape index (κ3) is 3.35. The van der Waals surface area contributed by atoms with Crippen molar-refractivity contribution in [2.75, 3.05) is 13.2 Å². The van der Waals surface area contributed by atoms with Gasteiger partial charge in [0.1, 0.15) is 4.99 Å². The second-order valence-electron chi connectivity index (χ2n) is 4.91. The number of nitrogens with two attached hydrogens (primary N) is 1. The lowest BCUT2D eigenvalue weighted by molar-refractivity contribution is 0.213. The summed E-state index contributed by atoms with van der Waals surface area (Å²) in [5, 5.41) is 9.23. The Morgan fingerprint density at radius 2 is 2.05 bits per heavy atom. The molecule has 1 saturated heterocycles. The minimum absolute atomic E-state index is 0.0683. The Hall–Kier alpha value is -1.02. The van der Waals surface area contributed by atoms with Crippen molar-refractivity contribution < 1.29 is 13.5 Å². The van der Waals surface area contributed by atoms with E-state index in [4.69, 9.17) is 18.0 Å². The molecule has 1 heterocycles. The van der Waals surface area contributed by atoms with Gasteiger partial charge in [-0.25, -0.2) is 8.42 Å². The van der Waals surface area contributed by atoms with Crippen molar-refractivity contribution >= 4 is 27.2 Å². The third-order valence-electron chi connectivity index (χ3n) is 3.48. The van der Waals surface area contributed by atoms with E-state index in [2.05, 4.69) is 0 Å². The summed E-state index contributed by atoms with van der Waals surface area (Å²) in [6.07, 6.45) is 1.51. The first-order valence-corrected chi connectivity index (χ1v) is 8.45. The van der Waals surface area contributed by atoms with E-state index in [0.717, 1.165) is 18.4 Å². The normalized spacial score (nSPS) is 20.1. The molecule has 0 aliphatic carbocycles. The first-order valence-electron chi connectivity index (χ1n) is 6.43. The maximum absolute atomic E-state index is 12.4. The lowest BCUT2D eigenvalue weighted by Gasteiger charge is -2.22. The molecule has 1 fully saturated rings. The molecule has 1 atom stereocenters. The van der Waals surface area contributed by atoms with Gasteiger partial charge in [0.2, 0.25) is 10.0 Å². The van der Waals surface area contributed by atoms with Gasteiger partial charge in [-0.1, -0.05) is 36.5 Å². The van der Waals surface area contributed by atoms with Crippen molar-refractivity contribution in [3.63, 3.8) is 0 Å². The minimum Gasteiger partial charge on any atom is -0.395 e. The van der Waals surface area contributed by atoms with Gasteiger partial charge in [-0.2, -0.15) is 4.31 Å². The Bertz CT molecular complexity index is 584. The van der Waals surface area contributed by atoms with Gasteiger partial charge in [-0.3, -0.25) is 0 Å². The van der Waals surface area contributed by atoms with Gasteiger partial charge in [-0.15, -0.1) is 0 Å². The molecule has 110 valence electrons. The van der Waals surface area contributed by atoms with Gasteiger partial charge in [-0.05, 0) is 18.4 Å². The Labute approximate surface area is 124 Å². The number of aliphatic hydroxyl groups is 1. The van der Waals surface area contributed by atoms with Gasteiger partial charge >= 0.3 is 0 Å². The minimum atomic E-state index is -3.40. The quantitative estimate of drug-likeness (QED) is 0.778. The van der Waals surface area contributed by atoms with Crippen LogP contribution in [0.1, 0.15) is 24.0 Å². The zero-order valence-corrected chi connectivity index (χ0v) is 12.7. The molecule has 0 spiro atoms. The van der Waals surface area contributed by atoms with E-state index in [1.165, 1.54) is 4.31 Å². The van der Waals surface area contributed by atoms with Crippen molar-refractivity contribution in [3.05, 3.63) is 35.4 Å². The van der Waals surface area contributed by atoms with E-state index >= 15 is 0 Å². The average Bonchev–Trinajstić information content (AvgIpc) is 2.88. The van der Waals surface area contributed by atoms with Gasteiger partial charge in [0.25, 0.3) is 0 Å². The Morgan fingerprint density at radius 3 is 2.60 bits per heavy atom. The molecule has 20 heavy (non-hydrogen) atoms. The maximum Gasteiger partial charge on any atom is 0.218 e. The molecule has 1 aromatic carbocycles. The monoisotopic (exact) mass is 314 g/mol. The molecule has 0 amide bonds. The Morgan fingerprint density at radius 1 is 1.40 bits per heavy atom. The van der Waals surface area contributed by atoms with Crippen molar-refractivity contribution in [2.45, 2.75) is 24.6 Å². The van der Waals surface area contributed by atoms with E-state index in [-0.39, 0.29) is 18.4 Å². The molecular weight excluding hydrogens is 296 g/mol. The van der Waals surface area contributed by atoms with Crippen molar-refractivity contribution in [1.82, 2.24) is 4.31 Å². The number of hydrogen-bond donors (Lipinski definition) is 2. The van der Waals surface area contributed by atoms with Crippen molar-refractivity contribution in [3.8, 4) is 0 Å². The van der Waals surface area contributed by atoms with E-state index in [0.29, 0.717) is 17.1 Å². The van der Waals surface area contributed by atoms with E-state index in [1.54, 1.807) is 24.3 Å². The zero-order valence-electron chi connectivity index (χ0n) is 11.0. The van der Waals surface area contributed by atoms with Crippen LogP contribution in [0.25, 0.3) is 0 Å². The molecule has 0 saturated carbocycles. The summed E-state index contributed by atoms with van der Waals surface area (Å²) in [4.78, 5) is 0.291. The largest absolute Gasteiger partial charge is 0.395 e. The molecule has 0 aromatic heterocycles. The van der Waals surface area contributed by atoms with Crippen LogP contribution in [0, 0.1) is 0 Å². The first kappa shape index (κ1) is 15.4. The van der Waals surface area contributed by atoms with E-state index < -0.39 is 10.0 Å². The SMILES string of the molecule is NC(=S)c1ccc(CS(=O)(=O)N2CCCC2CO)cc1. The highest BCUT2D eigenvalue weighted by molar-refractivity contribution is 7.88. The predicted molar refractivity (Wildman–Crippen MR) is 81.8 cm³/mol. The molecule has 1 unspecified atom stereocenters. The first-order chi connectivity index (χ1) is 9.44. The smallest absolute Gasteiger partial charge is 0.218 e. The van der Waals surface area contributed by atoms with Crippen LogP contribution in [0.5, 0.6) is 0 Å². The molecule has 1 aliphatic rings. The van der Waals surface area contributed by atoms with Crippen LogP contribution < -0.4 is 5.73 Å². The zero-order chi connectivity index (χ0) is 14.8. The second kappa shape index (κ2) is 6.17. The second-order valence-corrected chi connectivity index (χ2v) is 7.27. The standard InChI is InChI=1S/C13H18N2O3S2/c14-13(19)11-5-3-10(4-6-11)9-20(17,18)15-7-1-2-12(15)8-16/h3-6,12,16H,1-2,7-9H2,(H2,14,19). The van der Waals surface area contributed by atoms with E-state index in [9.17, 15) is 13.5 Å². The van der Waals surface area contributed by atoms with Crippen molar-refractivity contribution in [2.24, 2.45) is 5.73 Å². The molecule has 7 heteroatoms. The topological polar surface area (TPSA) is 83.6 Å². The number of sulfonamides is 1. The summed E-state index contributed by atoms with van der Waals surface area (Å²) in [5.74, 6) is -0.0683. The van der Waals surface area contributed by atoms with Crippen LogP contribution in [0.2, 0.25) is 0 Å². The van der Waals surface area contributed by atoms with Gasteiger partial charge < -0.3 is 10.8 Å². The summed E-state index contributed by atoms with van der Waals surface area (Å²) in [6, 6.07) is 6.60. The fourth-order valence-corrected chi connectivity index (χ4v) is 4.37. The Kier molecular flexibility index (Phi) is 4.74. The van der Waals surface area contributed by atoms with Gasteiger partial charge in [0.15, 0.2) is 0 Å². The number of rotatable bonds is 5. The molecule has 0 radical (unpaired) electrons. The molecular formula is C13H18N2O3S2. The lowest BCUT2D eigenvalue weighted by Crippen LogP contribution is -2.38. The summed E-state index contributed by atoms with van der Waals surface area (Å²) in [5.41, 5.74) is 6.91. The van der Waals surface area contributed by atoms with Crippen LogP contribution in [0.15, 0.2) is 24.3 Å². The van der Waals surface area contributed by atoms with Crippen LogP contribution >= 0.6 is 12.2 Å². The molecule has 5 nitrogen and oxygen atoms in total. The molecule has 1 aromatic rings. The number of aliphatic hydroxyl groups excluding tert-OH is 1. The fourth-order valence-electron chi connectivity index (χ4n) is 2.42. The van der Waals surface area contributed by atoms with Crippen molar-refractivity contribution in [1.29, 1.82) is 0 Å². The van der Waals surface area contributed by atoms with Crippen LogP contribution in [0.3, 0.4) is 0 Å². The number of thiocarbonyl (C=S) groups is 1. The lowest BCUT2D eigenvalue weighted by atomic mass is 10.1. The third-order valence-corrected chi connectivity index (χ3v) is 5.61. The number of nitrogens with zero attached hydrogens (tertiary/aromatic N) is 1. The summed E-state index contributed by atoms with van der Waals surface area (Å²) >= 11 is 4.86. The Balaban J connectivity index is 2.13. The van der Waals surface area contributed by atoms with Gasteiger partial charge in [0, 0.05) is 18.2 Å². The summed E-state index contributed by atoms with van der Waals surface area (Å²) in [6.45, 7) is 0.359. The van der Waals surface area contributed by atoms with E-state index in [1.807, 2.05) is 0 Å². The summed E-state index contributed by atoms with van der Waals surface area (Å²) in [7, 11) is -3.40. The maximum atomic E-state index is 12.4. The fraction of sp³-hybridized carbons (Fsp3) is 0.462. The van der Waals surface area contributed by atoms with Crippen LogP contribution in [0.4, 0.5) is 0 Å². The highest BCUT2D eigenvalue weighted by atomic mass is 32.2. The molecule has 1 aliphatic heterocycles. The number of benzene rings is 1. The van der Waals surface area contributed by atoms with Crippen LogP contribution in [-0.4, -0.2) is 42.0 Å². The number of hydrogen-bond acceptors (Lipinski definition) is 4. The average molecular weight is 314 g/mol. The van der Waals surface area contributed by atoms with Crippen LogP contribution in [-0.2, 0) is 15.8 Å².